The maximum Gasteiger partial charge on any atom is 0.137 e. The lowest BCUT2D eigenvalue weighted by Gasteiger charge is -2.20. The molecule has 108 valence electrons. The number of rotatable bonds is 6. The predicted octanol–water partition coefficient (Wildman–Crippen LogP) is 5.59. The van der Waals surface area contributed by atoms with Crippen molar-refractivity contribution >= 4 is 38.9 Å². The molecule has 0 amide bonds. The Hall–Kier alpha value is -0.420. The highest BCUT2D eigenvalue weighted by Crippen LogP contribution is 2.31. The van der Waals surface area contributed by atoms with E-state index in [0.717, 1.165) is 29.3 Å². The summed E-state index contributed by atoms with van der Waals surface area (Å²) in [7, 11) is 0. The van der Waals surface area contributed by atoms with Crippen molar-refractivity contribution in [3.8, 4) is 0 Å². The van der Waals surface area contributed by atoms with E-state index in [2.05, 4.69) is 28.2 Å². The summed E-state index contributed by atoms with van der Waals surface area (Å²) in [6, 6.07) is 9.18. The van der Waals surface area contributed by atoms with Crippen LogP contribution in [0, 0.1) is 5.82 Å². The van der Waals surface area contributed by atoms with Crippen LogP contribution in [0.25, 0.3) is 0 Å². The summed E-state index contributed by atoms with van der Waals surface area (Å²) in [5, 5.41) is 3.48. The number of nitrogens with one attached hydrogen (secondary N) is 1. The van der Waals surface area contributed by atoms with E-state index < -0.39 is 0 Å². The van der Waals surface area contributed by atoms with Crippen LogP contribution >= 0.6 is 38.9 Å². The molecule has 20 heavy (non-hydrogen) atoms. The first-order valence-electron chi connectivity index (χ1n) is 6.53. The Kier molecular flexibility index (Phi) is 6.02. The van der Waals surface area contributed by atoms with Gasteiger partial charge in [-0.15, -0.1) is 11.3 Å². The fourth-order valence-electron chi connectivity index (χ4n) is 2.06. The van der Waals surface area contributed by atoms with Crippen LogP contribution in [-0.4, -0.2) is 6.54 Å². The predicted molar refractivity (Wildman–Crippen MR) is 88.2 cm³/mol. The SMILES string of the molecule is CCCNC(Cc1ccc(Cl)s1)c1cccc(F)c1Br. The highest BCUT2D eigenvalue weighted by Gasteiger charge is 2.17. The van der Waals surface area contributed by atoms with Gasteiger partial charge in [0.05, 0.1) is 8.81 Å². The molecule has 2 rings (SSSR count). The molecule has 1 unspecified atom stereocenters. The van der Waals surface area contributed by atoms with Crippen LogP contribution in [0.15, 0.2) is 34.8 Å². The molecule has 1 aromatic heterocycles. The second kappa shape index (κ2) is 7.55. The van der Waals surface area contributed by atoms with E-state index in [9.17, 15) is 4.39 Å². The molecule has 0 aliphatic rings. The molecule has 0 spiro atoms. The molecule has 0 radical (unpaired) electrons. The number of halogens is 3. The van der Waals surface area contributed by atoms with E-state index in [0.29, 0.717) is 4.47 Å². The summed E-state index contributed by atoms with van der Waals surface area (Å²) >= 11 is 10.9. The second-order valence-electron chi connectivity index (χ2n) is 4.56. The van der Waals surface area contributed by atoms with Crippen LogP contribution in [0.5, 0.6) is 0 Å². The van der Waals surface area contributed by atoms with Gasteiger partial charge in [0.25, 0.3) is 0 Å². The Balaban J connectivity index is 2.24. The van der Waals surface area contributed by atoms with Crippen LogP contribution in [-0.2, 0) is 6.42 Å². The number of thiophene rings is 1. The van der Waals surface area contributed by atoms with Gasteiger partial charge in [-0.05, 0) is 52.7 Å². The first kappa shape index (κ1) is 16.0. The minimum absolute atomic E-state index is 0.0785. The topological polar surface area (TPSA) is 12.0 Å². The van der Waals surface area contributed by atoms with Crippen molar-refractivity contribution in [2.24, 2.45) is 0 Å². The number of hydrogen-bond acceptors (Lipinski definition) is 2. The quantitative estimate of drug-likeness (QED) is 0.693. The summed E-state index contributed by atoms with van der Waals surface area (Å²) in [6.07, 6.45) is 1.84. The van der Waals surface area contributed by atoms with E-state index in [1.54, 1.807) is 17.4 Å². The highest BCUT2D eigenvalue weighted by molar-refractivity contribution is 9.10. The molecule has 5 heteroatoms. The van der Waals surface area contributed by atoms with E-state index in [-0.39, 0.29) is 11.9 Å². The van der Waals surface area contributed by atoms with E-state index >= 15 is 0 Å². The average Bonchev–Trinajstić information content (AvgIpc) is 2.83. The van der Waals surface area contributed by atoms with E-state index in [1.165, 1.54) is 10.9 Å². The van der Waals surface area contributed by atoms with Crippen LogP contribution in [0.4, 0.5) is 4.39 Å². The van der Waals surface area contributed by atoms with Crippen molar-refractivity contribution < 1.29 is 4.39 Å². The Morgan fingerprint density at radius 2 is 2.15 bits per heavy atom. The molecular weight excluding hydrogens is 361 g/mol. The summed E-state index contributed by atoms with van der Waals surface area (Å²) in [5.41, 5.74) is 0.947. The van der Waals surface area contributed by atoms with E-state index in [4.69, 9.17) is 11.6 Å². The van der Waals surface area contributed by atoms with Crippen molar-refractivity contribution in [3.63, 3.8) is 0 Å². The molecule has 2 aromatic rings. The summed E-state index contributed by atoms with van der Waals surface area (Å²) in [5.74, 6) is -0.227. The molecule has 1 atom stereocenters. The minimum Gasteiger partial charge on any atom is -0.310 e. The van der Waals surface area contributed by atoms with Crippen LogP contribution in [0.1, 0.15) is 29.8 Å². The van der Waals surface area contributed by atoms with Gasteiger partial charge in [0.1, 0.15) is 5.82 Å². The molecule has 0 saturated carbocycles. The molecule has 0 fully saturated rings. The van der Waals surface area contributed by atoms with Crippen molar-refractivity contribution in [1.29, 1.82) is 0 Å². The van der Waals surface area contributed by atoms with Gasteiger partial charge in [0.2, 0.25) is 0 Å². The molecule has 0 aliphatic heterocycles. The third-order valence-electron chi connectivity index (χ3n) is 3.03. The van der Waals surface area contributed by atoms with Crippen molar-refractivity contribution in [2.75, 3.05) is 6.54 Å². The van der Waals surface area contributed by atoms with Gasteiger partial charge in [-0.1, -0.05) is 30.7 Å². The van der Waals surface area contributed by atoms with Crippen molar-refractivity contribution in [2.45, 2.75) is 25.8 Å². The molecule has 0 bridgehead atoms. The maximum atomic E-state index is 13.7. The Morgan fingerprint density at radius 1 is 1.35 bits per heavy atom. The van der Waals surface area contributed by atoms with Crippen LogP contribution in [0.3, 0.4) is 0 Å². The van der Waals surface area contributed by atoms with Crippen molar-refractivity contribution in [3.05, 3.63) is 55.4 Å². The second-order valence-corrected chi connectivity index (χ2v) is 7.15. The van der Waals surface area contributed by atoms with Gasteiger partial charge >= 0.3 is 0 Å². The third kappa shape index (κ3) is 4.04. The summed E-state index contributed by atoms with van der Waals surface area (Å²) in [6.45, 7) is 3.01. The van der Waals surface area contributed by atoms with Gasteiger partial charge in [0, 0.05) is 17.3 Å². The zero-order chi connectivity index (χ0) is 14.5. The average molecular weight is 377 g/mol. The molecule has 1 nitrogen and oxygen atoms in total. The van der Waals surface area contributed by atoms with Crippen LogP contribution in [0.2, 0.25) is 4.34 Å². The first-order valence-corrected chi connectivity index (χ1v) is 8.52. The zero-order valence-corrected chi connectivity index (χ0v) is 14.3. The Morgan fingerprint density at radius 3 is 2.80 bits per heavy atom. The normalized spacial score (nSPS) is 12.6. The van der Waals surface area contributed by atoms with Gasteiger partial charge < -0.3 is 5.32 Å². The molecule has 1 aromatic carbocycles. The fourth-order valence-corrected chi connectivity index (χ4v) is 3.74. The maximum absolute atomic E-state index is 13.7. The smallest absolute Gasteiger partial charge is 0.137 e. The standard InChI is InChI=1S/C15H16BrClFNS/c1-2-8-19-13(9-10-6-7-14(17)20-10)11-4-3-5-12(18)15(11)16/h3-7,13,19H,2,8-9H2,1H3. The fraction of sp³-hybridized carbons (Fsp3) is 0.333. The molecular formula is C15H16BrClFNS. The lowest BCUT2D eigenvalue weighted by molar-refractivity contribution is 0.524. The Labute approximate surface area is 136 Å². The Bertz CT molecular complexity index is 573. The summed E-state index contributed by atoms with van der Waals surface area (Å²) in [4.78, 5) is 1.19. The van der Waals surface area contributed by atoms with Gasteiger partial charge in [-0.25, -0.2) is 4.39 Å². The van der Waals surface area contributed by atoms with Gasteiger partial charge in [-0.3, -0.25) is 0 Å². The lowest BCUT2D eigenvalue weighted by atomic mass is 10.0. The van der Waals surface area contributed by atoms with Gasteiger partial charge in [-0.2, -0.15) is 0 Å². The molecule has 0 saturated heterocycles. The summed E-state index contributed by atoms with van der Waals surface area (Å²) < 4.78 is 15.0. The highest BCUT2D eigenvalue weighted by atomic mass is 79.9. The zero-order valence-electron chi connectivity index (χ0n) is 11.1. The van der Waals surface area contributed by atoms with Crippen molar-refractivity contribution in [1.82, 2.24) is 5.32 Å². The number of hydrogen-bond donors (Lipinski definition) is 1. The molecule has 1 N–H and O–H groups in total. The largest absolute Gasteiger partial charge is 0.310 e. The van der Waals surface area contributed by atoms with Gasteiger partial charge in [0.15, 0.2) is 0 Å². The molecule has 0 aliphatic carbocycles. The van der Waals surface area contributed by atoms with Crippen LogP contribution < -0.4 is 5.32 Å². The van der Waals surface area contributed by atoms with E-state index in [1.807, 2.05) is 18.2 Å². The molecule has 1 heterocycles. The number of benzene rings is 1. The third-order valence-corrected chi connectivity index (χ3v) is 5.12. The monoisotopic (exact) mass is 375 g/mol. The lowest BCUT2D eigenvalue weighted by Crippen LogP contribution is -2.24. The minimum atomic E-state index is -0.227. The first-order chi connectivity index (χ1) is 9.61.